The summed E-state index contributed by atoms with van der Waals surface area (Å²) < 4.78 is 2.28. The molecule has 1 aromatic heterocycles. The van der Waals surface area contributed by atoms with Crippen LogP contribution in [-0.2, 0) is 6.54 Å². The number of para-hydroxylation sites is 1. The van der Waals surface area contributed by atoms with Gasteiger partial charge < -0.3 is 4.57 Å². The van der Waals surface area contributed by atoms with Crippen LogP contribution in [0, 0.1) is 0 Å². The molecule has 0 aliphatic carbocycles. The van der Waals surface area contributed by atoms with E-state index in [4.69, 9.17) is 0 Å². The number of benzene rings is 1. The van der Waals surface area contributed by atoms with Crippen molar-refractivity contribution in [1.29, 1.82) is 0 Å². The van der Waals surface area contributed by atoms with Gasteiger partial charge in [-0.15, -0.1) is 0 Å². The minimum atomic E-state index is 0.963. The molecule has 0 unspecified atom stereocenters. The molecule has 0 saturated heterocycles. The standard InChI is InChI=1S/C13H11N/c1-2-5-11-6-4-7-12-8-10-14(9-3-1)13(11)12/h1-8,10H,9H2/b3-1-,5-2-. The lowest BCUT2D eigenvalue weighted by Crippen LogP contribution is -1.95. The summed E-state index contributed by atoms with van der Waals surface area (Å²) >= 11 is 0. The van der Waals surface area contributed by atoms with Gasteiger partial charge in [0.15, 0.2) is 0 Å². The molecule has 1 heteroatoms. The maximum absolute atomic E-state index is 2.28. The lowest BCUT2D eigenvalue weighted by molar-refractivity contribution is 0.862. The van der Waals surface area contributed by atoms with E-state index in [9.17, 15) is 0 Å². The second-order valence-electron chi connectivity index (χ2n) is 3.54. The molecule has 0 fully saturated rings. The number of rotatable bonds is 0. The molecule has 1 aliphatic heterocycles. The highest BCUT2D eigenvalue weighted by molar-refractivity contribution is 5.88. The van der Waals surface area contributed by atoms with E-state index < -0.39 is 0 Å². The molecule has 2 heterocycles. The first kappa shape index (κ1) is 7.63. The van der Waals surface area contributed by atoms with Crippen molar-refractivity contribution >= 4 is 17.0 Å². The Morgan fingerprint density at radius 1 is 1.07 bits per heavy atom. The van der Waals surface area contributed by atoms with E-state index in [1.54, 1.807) is 0 Å². The van der Waals surface area contributed by atoms with E-state index in [0.717, 1.165) is 6.54 Å². The molecule has 1 aromatic carbocycles. The molecule has 3 rings (SSSR count). The summed E-state index contributed by atoms with van der Waals surface area (Å²) in [5, 5.41) is 1.32. The van der Waals surface area contributed by atoms with Crippen molar-refractivity contribution in [2.45, 2.75) is 6.54 Å². The van der Waals surface area contributed by atoms with E-state index in [-0.39, 0.29) is 0 Å². The van der Waals surface area contributed by atoms with Gasteiger partial charge >= 0.3 is 0 Å². The van der Waals surface area contributed by atoms with Crippen molar-refractivity contribution in [3.8, 4) is 0 Å². The van der Waals surface area contributed by atoms with Crippen molar-refractivity contribution in [1.82, 2.24) is 4.57 Å². The summed E-state index contributed by atoms with van der Waals surface area (Å²) in [6.07, 6.45) is 10.7. The molecule has 0 amide bonds. The molecule has 0 N–H and O–H groups in total. The number of nitrogens with zero attached hydrogens (tertiary/aromatic N) is 1. The van der Waals surface area contributed by atoms with Crippen molar-refractivity contribution in [2.75, 3.05) is 0 Å². The minimum absolute atomic E-state index is 0.963. The molecular formula is C13H11N. The minimum Gasteiger partial charge on any atom is -0.343 e. The fourth-order valence-electron chi connectivity index (χ4n) is 1.99. The fraction of sp³-hybridized carbons (Fsp3) is 0.0769. The molecule has 0 spiro atoms. The predicted molar refractivity (Wildman–Crippen MR) is 60.1 cm³/mol. The van der Waals surface area contributed by atoms with Gasteiger partial charge in [-0.2, -0.15) is 0 Å². The first-order valence-corrected chi connectivity index (χ1v) is 4.86. The van der Waals surface area contributed by atoms with Gasteiger partial charge in [-0.05, 0) is 11.6 Å². The van der Waals surface area contributed by atoms with Gasteiger partial charge in [0.05, 0.1) is 5.52 Å². The Balaban J connectivity index is 2.43. The average Bonchev–Trinajstić information content (AvgIpc) is 2.57. The zero-order valence-electron chi connectivity index (χ0n) is 7.85. The van der Waals surface area contributed by atoms with Gasteiger partial charge in [-0.25, -0.2) is 0 Å². The molecule has 2 aromatic rings. The summed E-state index contributed by atoms with van der Waals surface area (Å²) in [6, 6.07) is 8.60. The lowest BCUT2D eigenvalue weighted by Gasteiger charge is -2.06. The van der Waals surface area contributed by atoms with E-state index in [1.807, 2.05) is 0 Å². The quantitative estimate of drug-likeness (QED) is 0.588. The highest BCUT2D eigenvalue weighted by Gasteiger charge is 2.03. The fourth-order valence-corrected chi connectivity index (χ4v) is 1.99. The summed E-state index contributed by atoms with van der Waals surface area (Å²) in [6.45, 7) is 0.963. The van der Waals surface area contributed by atoms with Crippen molar-refractivity contribution in [3.63, 3.8) is 0 Å². The summed E-state index contributed by atoms with van der Waals surface area (Å²) in [5.74, 6) is 0. The Hall–Kier alpha value is -1.76. The van der Waals surface area contributed by atoms with Gasteiger partial charge in [0.1, 0.15) is 0 Å². The molecule has 1 nitrogen and oxygen atoms in total. The first-order valence-electron chi connectivity index (χ1n) is 4.86. The Morgan fingerprint density at radius 2 is 2.07 bits per heavy atom. The van der Waals surface area contributed by atoms with Crippen LogP contribution in [0.25, 0.3) is 17.0 Å². The number of hydrogen-bond acceptors (Lipinski definition) is 0. The zero-order valence-corrected chi connectivity index (χ0v) is 7.85. The van der Waals surface area contributed by atoms with E-state index in [0.29, 0.717) is 0 Å². The summed E-state index contributed by atoms with van der Waals surface area (Å²) in [4.78, 5) is 0. The zero-order chi connectivity index (χ0) is 9.38. The molecular weight excluding hydrogens is 170 g/mol. The molecule has 68 valence electrons. The van der Waals surface area contributed by atoms with E-state index >= 15 is 0 Å². The van der Waals surface area contributed by atoms with Crippen LogP contribution < -0.4 is 0 Å². The Bertz CT molecular complexity index is 529. The van der Waals surface area contributed by atoms with Gasteiger partial charge in [-0.3, -0.25) is 0 Å². The maximum atomic E-state index is 2.28. The molecule has 0 saturated carbocycles. The third-order valence-corrected chi connectivity index (χ3v) is 2.64. The highest BCUT2D eigenvalue weighted by Crippen LogP contribution is 2.22. The predicted octanol–water partition coefficient (Wildman–Crippen LogP) is 3.22. The molecule has 0 atom stereocenters. The van der Waals surface area contributed by atoms with Crippen molar-refractivity contribution in [3.05, 3.63) is 54.3 Å². The lowest BCUT2D eigenvalue weighted by atomic mass is 10.1. The van der Waals surface area contributed by atoms with Gasteiger partial charge in [0, 0.05) is 18.1 Å². The Morgan fingerprint density at radius 3 is 3.07 bits per heavy atom. The van der Waals surface area contributed by atoms with Crippen LogP contribution in [0.1, 0.15) is 5.56 Å². The third kappa shape index (κ3) is 1.02. The van der Waals surface area contributed by atoms with Gasteiger partial charge in [-0.1, -0.05) is 42.5 Å². The van der Waals surface area contributed by atoms with Crippen LogP contribution in [0.2, 0.25) is 0 Å². The average molecular weight is 181 g/mol. The smallest absolute Gasteiger partial charge is 0.0556 e. The van der Waals surface area contributed by atoms with E-state index in [1.165, 1.54) is 16.5 Å². The van der Waals surface area contributed by atoms with Crippen LogP contribution in [0.15, 0.2) is 48.7 Å². The Kier molecular flexibility index (Phi) is 1.57. The van der Waals surface area contributed by atoms with Crippen LogP contribution in [0.4, 0.5) is 0 Å². The van der Waals surface area contributed by atoms with E-state index in [2.05, 4.69) is 59.3 Å². The SMILES string of the molecule is C1=C\Cn2ccc3cccc(c32)\C=C/1. The largest absolute Gasteiger partial charge is 0.343 e. The van der Waals surface area contributed by atoms with Gasteiger partial charge in [0.2, 0.25) is 0 Å². The highest BCUT2D eigenvalue weighted by atomic mass is 14.9. The van der Waals surface area contributed by atoms with Crippen LogP contribution in [-0.4, -0.2) is 4.57 Å². The third-order valence-electron chi connectivity index (χ3n) is 2.64. The molecule has 14 heavy (non-hydrogen) atoms. The summed E-state index contributed by atoms with van der Waals surface area (Å²) in [5.41, 5.74) is 2.64. The normalized spacial score (nSPS) is 18.9. The first-order chi connectivity index (χ1) is 6.95. The second-order valence-corrected chi connectivity index (χ2v) is 3.54. The maximum Gasteiger partial charge on any atom is 0.0556 e. The van der Waals surface area contributed by atoms with Crippen LogP contribution in [0.3, 0.4) is 0 Å². The number of hydrogen-bond donors (Lipinski definition) is 0. The number of allylic oxidation sites excluding steroid dienone is 3. The van der Waals surface area contributed by atoms with Crippen molar-refractivity contribution < 1.29 is 0 Å². The van der Waals surface area contributed by atoms with Crippen LogP contribution >= 0.6 is 0 Å². The number of aromatic nitrogens is 1. The Labute approximate surface area is 83.0 Å². The monoisotopic (exact) mass is 181 g/mol. The molecule has 0 bridgehead atoms. The van der Waals surface area contributed by atoms with Crippen LogP contribution in [0.5, 0.6) is 0 Å². The topological polar surface area (TPSA) is 4.93 Å². The second kappa shape index (κ2) is 2.88. The molecule has 0 radical (unpaired) electrons. The molecule has 1 aliphatic rings. The summed E-state index contributed by atoms with van der Waals surface area (Å²) in [7, 11) is 0. The van der Waals surface area contributed by atoms with Gasteiger partial charge in [0.25, 0.3) is 0 Å². The van der Waals surface area contributed by atoms with Crippen molar-refractivity contribution in [2.24, 2.45) is 0 Å².